The van der Waals surface area contributed by atoms with Crippen molar-refractivity contribution < 1.29 is 9.53 Å². The van der Waals surface area contributed by atoms with E-state index >= 15 is 0 Å². The average Bonchev–Trinajstić information content (AvgIpc) is 3.02. The number of ether oxygens (including phenoxy) is 1. The van der Waals surface area contributed by atoms with Crippen molar-refractivity contribution in [1.29, 1.82) is 0 Å². The molecule has 1 aromatic carbocycles. The summed E-state index contributed by atoms with van der Waals surface area (Å²) in [6.45, 7) is 6.46. The van der Waals surface area contributed by atoms with Gasteiger partial charge in [0.25, 0.3) is 0 Å². The van der Waals surface area contributed by atoms with Gasteiger partial charge in [-0.2, -0.15) is 0 Å². The molecule has 5 nitrogen and oxygen atoms in total. The molecule has 2 unspecified atom stereocenters. The number of nitrogens with one attached hydrogen (secondary N) is 2. The van der Waals surface area contributed by atoms with Gasteiger partial charge in [0.2, 0.25) is 5.91 Å². The van der Waals surface area contributed by atoms with Gasteiger partial charge in [-0.25, -0.2) is 5.43 Å². The number of benzene rings is 1. The molecule has 3 rings (SSSR count). The minimum atomic E-state index is -0.0720. The lowest BCUT2D eigenvalue weighted by atomic mass is 9.88. The van der Waals surface area contributed by atoms with Crippen LogP contribution in [-0.2, 0) is 4.79 Å². The van der Waals surface area contributed by atoms with Crippen LogP contribution in [0, 0.1) is 0 Å². The average molecular weight is 317 g/mol. The van der Waals surface area contributed by atoms with Gasteiger partial charge >= 0.3 is 0 Å². The molecule has 23 heavy (non-hydrogen) atoms. The van der Waals surface area contributed by atoms with E-state index in [1.807, 2.05) is 24.0 Å². The van der Waals surface area contributed by atoms with Crippen molar-refractivity contribution in [3.63, 3.8) is 0 Å². The summed E-state index contributed by atoms with van der Waals surface area (Å²) in [5.41, 5.74) is 7.53. The fourth-order valence-electron chi connectivity index (χ4n) is 3.61. The number of hydrazine groups is 1. The zero-order valence-electron chi connectivity index (χ0n) is 14.0. The Balaban J connectivity index is 1.59. The van der Waals surface area contributed by atoms with Gasteiger partial charge in [-0.15, -0.1) is 0 Å². The summed E-state index contributed by atoms with van der Waals surface area (Å²) < 4.78 is 5.76. The molecule has 2 atom stereocenters. The van der Waals surface area contributed by atoms with Gasteiger partial charge in [-0.05, 0) is 50.7 Å². The van der Waals surface area contributed by atoms with Gasteiger partial charge in [-0.1, -0.05) is 18.2 Å². The highest BCUT2D eigenvalue weighted by atomic mass is 16.5. The molecule has 2 fully saturated rings. The van der Waals surface area contributed by atoms with Crippen molar-refractivity contribution >= 4 is 5.91 Å². The van der Waals surface area contributed by atoms with Crippen LogP contribution in [0.4, 0.5) is 0 Å². The third-order valence-corrected chi connectivity index (χ3v) is 4.86. The fourth-order valence-corrected chi connectivity index (χ4v) is 3.61. The Morgan fingerprint density at radius 3 is 2.65 bits per heavy atom. The van der Waals surface area contributed by atoms with E-state index in [-0.39, 0.29) is 11.9 Å². The summed E-state index contributed by atoms with van der Waals surface area (Å²) in [7, 11) is 0. The maximum Gasteiger partial charge on any atom is 0.241 e. The molecule has 0 aromatic heterocycles. The summed E-state index contributed by atoms with van der Waals surface area (Å²) in [4.78, 5) is 14.6. The van der Waals surface area contributed by atoms with Crippen LogP contribution in [0.25, 0.3) is 0 Å². The zero-order valence-corrected chi connectivity index (χ0v) is 14.0. The first kappa shape index (κ1) is 16.3. The Labute approximate surface area is 138 Å². The molecule has 2 aliphatic heterocycles. The van der Waals surface area contributed by atoms with E-state index < -0.39 is 0 Å². The van der Waals surface area contributed by atoms with Crippen LogP contribution in [0.15, 0.2) is 24.3 Å². The predicted octanol–water partition coefficient (Wildman–Crippen LogP) is 2.05. The van der Waals surface area contributed by atoms with Crippen LogP contribution >= 0.6 is 0 Å². The van der Waals surface area contributed by atoms with Crippen molar-refractivity contribution in [2.24, 2.45) is 0 Å². The minimum absolute atomic E-state index is 0.0720. The number of hydrogen-bond donors (Lipinski definition) is 2. The highest BCUT2D eigenvalue weighted by Crippen LogP contribution is 2.34. The molecule has 126 valence electrons. The van der Waals surface area contributed by atoms with Crippen molar-refractivity contribution in [3.05, 3.63) is 29.8 Å². The molecule has 0 spiro atoms. The summed E-state index contributed by atoms with van der Waals surface area (Å²) in [5, 5.41) is 0. The molecule has 5 heteroatoms. The third-order valence-electron chi connectivity index (χ3n) is 4.86. The van der Waals surface area contributed by atoms with Gasteiger partial charge < -0.3 is 9.64 Å². The number of amides is 1. The van der Waals surface area contributed by atoms with Gasteiger partial charge in [0.05, 0.1) is 6.61 Å². The highest BCUT2D eigenvalue weighted by Gasteiger charge is 2.32. The molecular formula is C18H27N3O2. The number of piperidine rings is 1. The molecule has 0 radical (unpaired) electrons. The summed E-state index contributed by atoms with van der Waals surface area (Å²) >= 11 is 0. The van der Waals surface area contributed by atoms with Crippen molar-refractivity contribution in [2.45, 2.75) is 51.1 Å². The maximum atomic E-state index is 12.6. The van der Waals surface area contributed by atoms with Gasteiger partial charge in [0.1, 0.15) is 11.8 Å². The van der Waals surface area contributed by atoms with Crippen LogP contribution in [0.3, 0.4) is 0 Å². The Hall–Kier alpha value is -1.59. The topological polar surface area (TPSA) is 53.6 Å². The van der Waals surface area contributed by atoms with Crippen molar-refractivity contribution in [1.82, 2.24) is 15.8 Å². The molecule has 2 N–H and O–H groups in total. The second-order valence-corrected chi connectivity index (χ2v) is 6.55. The van der Waals surface area contributed by atoms with Crippen molar-refractivity contribution in [3.8, 4) is 5.75 Å². The highest BCUT2D eigenvalue weighted by molar-refractivity contribution is 5.82. The smallest absolute Gasteiger partial charge is 0.241 e. The fraction of sp³-hybridized carbons (Fsp3) is 0.611. The first-order chi connectivity index (χ1) is 11.2. The lowest BCUT2D eigenvalue weighted by molar-refractivity contribution is -0.134. The SMILES string of the molecule is CCOc1ccccc1C1CCN(C(=O)C2CC(C)NN2)CC1. The number of carbonyl (C=O) groups excluding carboxylic acids is 1. The molecule has 2 heterocycles. The largest absolute Gasteiger partial charge is 0.494 e. The van der Waals surface area contributed by atoms with Crippen LogP contribution in [0.2, 0.25) is 0 Å². The normalized spacial score (nSPS) is 25.6. The molecule has 1 aromatic rings. The number of nitrogens with zero attached hydrogens (tertiary/aromatic N) is 1. The quantitative estimate of drug-likeness (QED) is 0.892. The first-order valence-electron chi connectivity index (χ1n) is 8.70. The van der Waals surface area contributed by atoms with Crippen LogP contribution < -0.4 is 15.6 Å². The van der Waals surface area contributed by atoms with Gasteiger partial charge in [0, 0.05) is 19.1 Å². The van der Waals surface area contributed by atoms with Crippen molar-refractivity contribution in [2.75, 3.05) is 19.7 Å². The summed E-state index contributed by atoms with van der Waals surface area (Å²) in [5.74, 6) is 1.71. The second kappa shape index (κ2) is 7.32. The van der Waals surface area contributed by atoms with Gasteiger partial charge in [0.15, 0.2) is 0 Å². The summed E-state index contributed by atoms with van der Waals surface area (Å²) in [6.07, 6.45) is 2.88. The third kappa shape index (κ3) is 3.67. The van der Waals surface area contributed by atoms with E-state index in [0.29, 0.717) is 18.6 Å². The van der Waals surface area contributed by atoms with Crippen LogP contribution in [0.5, 0.6) is 5.75 Å². The molecule has 0 bridgehead atoms. The minimum Gasteiger partial charge on any atom is -0.494 e. The van der Waals surface area contributed by atoms with E-state index in [0.717, 1.165) is 38.1 Å². The zero-order chi connectivity index (χ0) is 16.2. The summed E-state index contributed by atoms with van der Waals surface area (Å²) in [6, 6.07) is 8.60. The number of para-hydroxylation sites is 1. The molecule has 2 aliphatic rings. The Kier molecular flexibility index (Phi) is 5.18. The maximum absolute atomic E-state index is 12.6. The molecule has 1 amide bonds. The molecule has 0 saturated carbocycles. The predicted molar refractivity (Wildman–Crippen MR) is 90.3 cm³/mol. The van der Waals surface area contributed by atoms with E-state index in [4.69, 9.17) is 4.74 Å². The number of hydrogen-bond acceptors (Lipinski definition) is 4. The Bertz CT molecular complexity index is 541. The molecule has 2 saturated heterocycles. The monoisotopic (exact) mass is 317 g/mol. The lowest BCUT2D eigenvalue weighted by Gasteiger charge is -2.34. The van der Waals surface area contributed by atoms with E-state index in [9.17, 15) is 4.79 Å². The van der Waals surface area contributed by atoms with E-state index in [1.54, 1.807) is 0 Å². The Morgan fingerprint density at radius 2 is 2.00 bits per heavy atom. The van der Waals surface area contributed by atoms with Crippen LogP contribution in [-0.4, -0.2) is 42.6 Å². The van der Waals surface area contributed by atoms with E-state index in [1.165, 1.54) is 5.56 Å². The standard InChI is InChI=1S/C18H27N3O2/c1-3-23-17-7-5-4-6-15(17)14-8-10-21(11-9-14)18(22)16-12-13(2)19-20-16/h4-7,13-14,16,19-20H,3,8-12H2,1-2H3. The Morgan fingerprint density at radius 1 is 1.26 bits per heavy atom. The lowest BCUT2D eigenvalue weighted by Crippen LogP contribution is -2.48. The number of carbonyl (C=O) groups is 1. The molecule has 0 aliphatic carbocycles. The second-order valence-electron chi connectivity index (χ2n) is 6.55. The van der Waals surface area contributed by atoms with Gasteiger partial charge in [-0.3, -0.25) is 10.2 Å². The number of likely N-dealkylation sites (tertiary alicyclic amines) is 1. The first-order valence-corrected chi connectivity index (χ1v) is 8.70. The van der Waals surface area contributed by atoms with Crippen LogP contribution in [0.1, 0.15) is 44.6 Å². The number of rotatable bonds is 4. The molecular weight excluding hydrogens is 290 g/mol. The van der Waals surface area contributed by atoms with E-state index in [2.05, 4.69) is 29.9 Å².